The molecule has 0 saturated carbocycles. The molecule has 1 aromatic rings. The smallest absolute Gasteiger partial charge is 0.0935 e. The zero-order valence-electron chi connectivity index (χ0n) is 7.82. The Morgan fingerprint density at radius 1 is 1.69 bits per heavy atom. The lowest BCUT2D eigenvalue weighted by Gasteiger charge is -2.14. The second kappa shape index (κ2) is 5.75. The average Bonchev–Trinajstić information content (AvgIpc) is 2.64. The molecule has 4 heteroatoms. The SMILES string of the molecule is CCOCC(Cc1ccoc1)NN. The predicted molar refractivity (Wildman–Crippen MR) is 50.0 cm³/mol. The molecule has 0 bridgehead atoms. The van der Waals surface area contributed by atoms with Crippen LogP contribution in [0.15, 0.2) is 23.0 Å². The van der Waals surface area contributed by atoms with E-state index in [1.807, 2.05) is 13.0 Å². The van der Waals surface area contributed by atoms with Crippen molar-refractivity contribution >= 4 is 0 Å². The lowest BCUT2D eigenvalue weighted by molar-refractivity contribution is 0.123. The minimum absolute atomic E-state index is 0.151. The third kappa shape index (κ3) is 3.59. The van der Waals surface area contributed by atoms with Crippen molar-refractivity contribution in [1.29, 1.82) is 0 Å². The van der Waals surface area contributed by atoms with Crippen LogP contribution in [0.4, 0.5) is 0 Å². The van der Waals surface area contributed by atoms with E-state index in [0.29, 0.717) is 13.2 Å². The molecule has 0 aliphatic carbocycles. The Kier molecular flexibility index (Phi) is 4.53. The third-order valence-electron chi connectivity index (χ3n) is 1.82. The van der Waals surface area contributed by atoms with Crippen LogP contribution in [0.1, 0.15) is 12.5 Å². The predicted octanol–water partition coefficient (Wildman–Crippen LogP) is 0.691. The normalized spacial score (nSPS) is 13.1. The molecule has 0 spiro atoms. The van der Waals surface area contributed by atoms with Gasteiger partial charge in [-0.25, -0.2) is 0 Å². The van der Waals surface area contributed by atoms with E-state index in [1.54, 1.807) is 12.5 Å². The summed E-state index contributed by atoms with van der Waals surface area (Å²) in [4.78, 5) is 0. The van der Waals surface area contributed by atoms with Gasteiger partial charge in [-0.15, -0.1) is 0 Å². The standard InChI is InChI=1S/C9H16N2O2/c1-2-12-7-9(11-10)5-8-3-4-13-6-8/h3-4,6,9,11H,2,5,7,10H2,1H3. The highest BCUT2D eigenvalue weighted by Crippen LogP contribution is 2.03. The summed E-state index contributed by atoms with van der Waals surface area (Å²) in [7, 11) is 0. The molecule has 13 heavy (non-hydrogen) atoms. The first-order valence-corrected chi connectivity index (χ1v) is 4.41. The van der Waals surface area contributed by atoms with Crippen LogP contribution in [0.25, 0.3) is 0 Å². The Morgan fingerprint density at radius 2 is 2.54 bits per heavy atom. The number of hydrogen-bond acceptors (Lipinski definition) is 4. The monoisotopic (exact) mass is 184 g/mol. The van der Waals surface area contributed by atoms with Gasteiger partial charge in [-0.3, -0.25) is 11.3 Å². The van der Waals surface area contributed by atoms with Crippen LogP contribution >= 0.6 is 0 Å². The van der Waals surface area contributed by atoms with Gasteiger partial charge in [0.2, 0.25) is 0 Å². The van der Waals surface area contributed by atoms with Gasteiger partial charge in [-0.2, -0.15) is 0 Å². The van der Waals surface area contributed by atoms with Crippen LogP contribution in [-0.2, 0) is 11.2 Å². The van der Waals surface area contributed by atoms with Gasteiger partial charge < -0.3 is 9.15 Å². The highest BCUT2D eigenvalue weighted by atomic mass is 16.5. The van der Waals surface area contributed by atoms with Crippen LogP contribution in [0.5, 0.6) is 0 Å². The Bertz CT molecular complexity index is 211. The molecule has 0 aromatic carbocycles. The van der Waals surface area contributed by atoms with E-state index < -0.39 is 0 Å². The minimum Gasteiger partial charge on any atom is -0.472 e. The van der Waals surface area contributed by atoms with E-state index in [0.717, 1.165) is 12.0 Å². The zero-order chi connectivity index (χ0) is 9.52. The molecule has 0 saturated heterocycles. The lowest BCUT2D eigenvalue weighted by atomic mass is 10.1. The molecular weight excluding hydrogens is 168 g/mol. The van der Waals surface area contributed by atoms with Crippen molar-refractivity contribution in [2.75, 3.05) is 13.2 Å². The fourth-order valence-corrected chi connectivity index (χ4v) is 1.12. The highest BCUT2D eigenvalue weighted by Gasteiger charge is 2.07. The summed E-state index contributed by atoms with van der Waals surface area (Å²) in [5, 5.41) is 0. The maximum atomic E-state index is 5.37. The van der Waals surface area contributed by atoms with E-state index in [-0.39, 0.29) is 6.04 Å². The molecule has 1 unspecified atom stereocenters. The molecule has 1 heterocycles. The highest BCUT2D eigenvalue weighted by molar-refractivity contribution is 5.07. The second-order valence-corrected chi connectivity index (χ2v) is 2.86. The number of rotatable bonds is 6. The summed E-state index contributed by atoms with van der Waals surface area (Å²) in [6.45, 7) is 3.30. The molecular formula is C9H16N2O2. The summed E-state index contributed by atoms with van der Waals surface area (Å²) >= 11 is 0. The van der Waals surface area contributed by atoms with Crippen molar-refractivity contribution in [2.45, 2.75) is 19.4 Å². The number of nitrogens with one attached hydrogen (secondary N) is 1. The summed E-state index contributed by atoms with van der Waals surface area (Å²) in [5.41, 5.74) is 3.84. The fourth-order valence-electron chi connectivity index (χ4n) is 1.12. The summed E-state index contributed by atoms with van der Waals surface area (Å²) in [6.07, 6.45) is 4.20. The van der Waals surface area contributed by atoms with Crippen molar-refractivity contribution in [3.8, 4) is 0 Å². The fraction of sp³-hybridized carbons (Fsp3) is 0.556. The first-order valence-electron chi connectivity index (χ1n) is 4.41. The molecule has 4 nitrogen and oxygen atoms in total. The molecule has 3 N–H and O–H groups in total. The molecule has 1 rings (SSSR count). The first-order chi connectivity index (χ1) is 6.36. The van der Waals surface area contributed by atoms with Gasteiger partial charge in [0.25, 0.3) is 0 Å². The average molecular weight is 184 g/mol. The van der Waals surface area contributed by atoms with Gasteiger partial charge in [-0.1, -0.05) is 0 Å². The number of nitrogens with two attached hydrogens (primary N) is 1. The maximum absolute atomic E-state index is 5.37. The second-order valence-electron chi connectivity index (χ2n) is 2.86. The van der Waals surface area contributed by atoms with Gasteiger partial charge in [0, 0.05) is 12.6 Å². The quantitative estimate of drug-likeness (QED) is 0.504. The summed E-state index contributed by atoms with van der Waals surface area (Å²) in [6, 6.07) is 2.08. The molecule has 1 aromatic heterocycles. The van der Waals surface area contributed by atoms with Gasteiger partial charge in [0.05, 0.1) is 19.1 Å². The van der Waals surface area contributed by atoms with Crippen LogP contribution < -0.4 is 11.3 Å². The number of furan rings is 1. The summed E-state index contributed by atoms with van der Waals surface area (Å²) < 4.78 is 10.2. The Morgan fingerprint density at radius 3 is 3.08 bits per heavy atom. The van der Waals surface area contributed by atoms with Gasteiger partial charge in [0.1, 0.15) is 0 Å². The molecule has 0 fully saturated rings. The minimum atomic E-state index is 0.151. The van der Waals surface area contributed by atoms with Gasteiger partial charge >= 0.3 is 0 Å². The number of ether oxygens (including phenoxy) is 1. The number of hydrazine groups is 1. The Hall–Kier alpha value is -0.840. The van der Waals surface area contributed by atoms with Crippen LogP contribution in [0, 0.1) is 0 Å². The number of hydrogen-bond donors (Lipinski definition) is 2. The lowest BCUT2D eigenvalue weighted by Crippen LogP contribution is -2.40. The van der Waals surface area contributed by atoms with E-state index in [9.17, 15) is 0 Å². The van der Waals surface area contributed by atoms with Crippen molar-refractivity contribution in [1.82, 2.24) is 5.43 Å². The van der Waals surface area contributed by atoms with Crippen molar-refractivity contribution < 1.29 is 9.15 Å². The molecule has 74 valence electrons. The largest absolute Gasteiger partial charge is 0.472 e. The molecule has 0 radical (unpaired) electrons. The van der Waals surface area contributed by atoms with E-state index >= 15 is 0 Å². The molecule has 0 aliphatic heterocycles. The molecule has 1 atom stereocenters. The topological polar surface area (TPSA) is 60.4 Å². The molecule has 0 aliphatic rings. The van der Waals surface area contributed by atoms with E-state index in [2.05, 4.69) is 5.43 Å². The summed E-state index contributed by atoms with van der Waals surface area (Å²) in [5.74, 6) is 5.37. The van der Waals surface area contributed by atoms with Crippen LogP contribution in [-0.4, -0.2) is 19.3 Å². The van der Waals surface area contributed by atoms with Gasteiger partial charge in [-0.05, 0) is 25.0 Å². The van der Waals surface area contributed by atoms with Crippen molar-refractivity contribution in [2.24, 2.45) is 5.84 Å². The molecule has 0 amide bonds. The van der Waals surface area contributed by atoms with Gasteiger partial charge in [0.15, 0.2) is 0 Å². The van der Waals surface area contributed by atoms with Crippen LogP contribution in [0.2, 0.25) is 0 Å². The van der Waals surface area contributed by atoms with Crippen molar-refractivity contribution in [3.63, 3.8) is 0 Å². The van der Waals surface area contributed by atoms with Crippen LogP contribution in [0.3, 0.4) is 0 Å². The third-order valence-corrected chi connectivity index (χ3v) is 1.82. The Labute approximate surface area is 78.0 Å². The first kappa shape index (κ1) is 10.2. The van der Waals surface area contributed by atoms with E-state index in [4.69, 9.17) is 15.0 Å². The van der Waals surface area contributed by atoms with Crippen molar-refractivity contribution in [3.05, 3.63) is 24.2 Å². The maximum Gasteiger partial charge on any atom is 0.0935 e. The van der Waals surface area contributed by atoms with E-state index in [1.165, 1.54) is 0 Å². The Balaban J connectivity index is 2.31. The zero-order valence-corrected chi connectivity index (χ0v) is 7.82.